The Morgan fingerprint density at radius 2 is 1.84 bits per heavy atom. The van der Waals surface area contributed by atoms with Gasteiger partial charge < -0.3 is 20.3 Å². The molecular formula is C25H35N3O4. The molecule has 7 nitrogen and oxygen atoms in total. The van der Waals surface area contributed by atoms with Crippen LogP contribution in [0, 0.1) is 5.92 Å². The fourth-order valence-corrected chi connectivity index (χ4v) is 4.98. The van der Waals surface area contributed by atoms with Crippen LogP contribution in [0.15, 0.2) is 18.2 Å². The molecule has 2 heterocycles. The van der Waals surface area contributed by atoms with Gasteiger partial charge in [-0.1, -0.05) is 19.3 Å². The van der Waals surface area contributed by atoms with Gasteiger partial charge in [0.15, 0.2) is 0 Å². The standard InChI is InChI=1S/C25H35N3O4/c29-23-11-8-19-17-21(9-10-22(19)27-23)32-16-4-7-24(30)28-14-12-20(13-15-28)26-25(31)18-5-2-1-3-6-18/h9-10,17-18,20H,1-8,11-16H2,(H,26,31)(H,27,29). The number of rotatable bonds is 7. The first-order chi connectivity index (χ1) is 15.6. The second-order valence-electron chi connectivity index (χ2n) is 9.32. The molecule has 0 spiro atoms. The number of ether oxygens (including phenoxy) is 1. The van der Waals surface area contributed by atoms with Gasteiger partial charge in [0.25, 0.3) is 0 Å². The Kier molecular flexibility index (Phi) is 7.66. The molecule has 1 saturated carbocycles. The summed E-state index contributed by atoms with van der Waals surface area (Å²) >= 11 is 0. The number of benzene rings is 1. The van der Waals surface area contributed by atoms with Crippen molar-refractivity contribution in [1.82, 2.24) is 10.2 Å². The van der Waals surface area contributed by atoms with E-state index in [1.807, 2.05) is 23.1 Å². The highest BCUT2D eigenvalue weighted by molar-refractivity contribution is 5.94. The van der Waals surface area contributed by atoms with Crippen LogP contribution in [0.3, 0.4) is 0 Å². The minimum atomic E-state index is 0.0558. The molecule has 174 valence electrons. The number of piperidine rings is 1. The predicted octanol–water partition coefficient (Wildman–Crippen LogP) is 3.42. The molecule has 1 aromatic carbocycles. The van der Waals surface area contributed by atoms with Gasteiger partial charge in [0.05, 0.1) is 6.61 Å². The summed E-state index contributed by atoms with van der Waals surface area (Å²) in [6.07, 6.45) is 9.69. The monoisotopic (exact) mass is 441 g/mol. The van der Waals surface area contributed by atoms with Crippen molar-refractivity contribution in [2.24, 2.45) is 5.92 Å². The second kappa shape index (κ2) is 10.8. The summed E-state index contributed by atoms with van der Waals surface area (Å²) in [5.41, 5.74) is 1.96. The summed E-state index contributed by atoms with van der Waals surface area (Å²) in [6, 6.07) is 5.91. The van der Waals surface area contributed by atoms with Crippen LogP contribution in [0.1, 0.15) is 69.8 Å². The molecule has 2 fully saturated rings. The average Bonchev–Trinajstić information content (AvgIpc) is 2.82. The van der Waals surface area contributed by atoms with Crippen LogP contribution in [-0.2, 0) is 20.8 Å². The normalized spacial score (nSPS) is 19.8. The number of hydrogen-bond acceptors (Lipinski definition) is 4. The Hall–Kier alpha value is -2.57. The minimum Gasteiger partial charge on any atom is -0.494 e. The van der Waals surface area contributed by atoms with Crippen molar-refractivity contribution in [3.8, 4) is 5.75 Å². The van der Waals surface area contributed by atoms with Gasteiger partial charge in [-0.25, -0.2) is 0 Å². The summed E-state index contributed by atoms with van der Waals surface area (Å²) in [7, 11) is 0. The molecule has 4 rings (SSSR count). The van der Waals surface area contributed by atoms with Crippen molar-refractivity contribution in [2.45, 2.75) is 76.7 Å². The van der Waals surface area contributed by atoms with Gasteiger partial charge >= 0.3 is 0 Å². The lowest BCUT2D eigenvalue weighted by molar-refractivity contribution is -0.132. The fraction of sp³-hybridized carbons (Fsp3) is 0.640. The zero-order valence-electron chi connectivity index (χ0n) is 18.9. The molecule has 0 aromatic heterocycles. The van der Waals surface area contributed by atoms with E-state index in [4.69, 9.17) is 4.74 Å². The molecule has 0 atom stereocenters. The van der Waals surface area contributed by atoms with Crippen LogP contribution in [0.2, 0.25) is 0 Å². The number of nitrogens with zero attached hydrogens (tertiary/aromatic N) is 1. The van der Waals surface area contributed by atoms with Gasteiger partial charge in [0.1, 0.15) is 5.75 Å². The number of aryl methyl sites for hydroxylation is 1. The Labute approximate surface area is 190 Å². The molecule has 3 amide bonds. The first-order valence-corrected chi connectivity index (χ1v) is 12.2. The highest BCUT2D eigenvalue weighted by atomic mass is 16.5. The van der Waals surface area contributed by atoms with Gasteiger partial charge in [0, 0.05) is 43.6 Å². The fourth-order valence-electron chi connectivity index (χ4n) is 4.98. The van der Waals surface area contributed by atoms with Crippen molar-refractivity contribution >= 4 is 23.4 Å². The van der Waals surface area contributed by atoms with E-state index < -0.39 is 0 Å². The Bertz CT molecular complexity index is 826. The van der Waals surface area contributed by atoms with Gasteiger partial charge in [-0.15, -0.1) is 0 Å². The first-order valence-electron chi connectivity index (χ1n) is 12.2. The van der Waals surface area contributed by atoms with Gasteiger partial charge in [0.2, 0.25) is 17.7 Å². The van der Waals surface area contributed by atoms with Crippen LogP contribution >= 0.6 is 0 Å². The maximum Gasteiger partial charge on any atom is 0.224 e. The molecule has 32 heavy (non-hydrogen) atoms. The number of nitrogens with one attached hydrogen (secondary N) is 2. The third-order valence-corrected chi connectivity index (χ3v) is 6.95. The number of carbonyl (C=O) groups is 3. The SMILES string of the molecule is O=C1CCc2cc(OCCCC(=O)N3CCC(NC(=O)C4CCCCC4)CC3)ccc2N1. The summed E-state index contributed by atoms with van der Waals surface area (Å²) in [5.74, 6) is 1.41. The number of hydrogen-bond donors (Lipinski definition) is 2. The number of anilines is 1. The highest BCUT2D eigenvalue weighted by Crippen LogP contribution is 2.27. The Morgan fingerprint density at radius 3 is 2.62 bits per heavy atom. The Morgan fingerprint density at radius 1 is 1.06 bits per heavy atom. The lowest BCUT2D eigenvalue weighted by Gasteiger charge is -2.33. The average molecular weight is 442 g/mol. The molecular weight excluding hydrogens is 406 g/mol. The Balaban J connectivity index is 1.12. The maximum atomic E-state index is 12.6. The molecule has 2 aliphatic heterocycles. The minimum absolute atomic E-state index is 0.0558. The van der Waals surface area contributed by atoms with E-state index in [0.717, 1.165) is 49.1 Å². The second-order valence-corrected chi connectivity index (χ2v) is 9.32. The molecule has 1 aliphatic carbocycles. The van der Waals surface area contributed by atoms with Gasteiger partial charge in [-0.05, 0) is 62.3 Å². The summed E-state index contributed by atoms with van der Waals surface area (Å²) < 4.78 is 5.82. The van der Waals surface area contributed by atoms with E-state index in [1.54, 1.807) is 0 Å². The smallest absolute Gasteiger partial charge is 0.224 e. The van der Waals surface area contributed by atoms with E-state index in [9.17, 15) is 14.4 Å². The zero-order chi connectivity index (χ0) is 22.3. The molecule has 3 aliphatic rings. The summed E-state index contributed by atoms with van der Waals surface area (Å²) in [5, 5.41) is 6.09. The van der Waals surface area contributed by atoms with E-state index >= 15 is 0 Å². The van der Waals surface area contributed by atoms with Gasteiger partial charge in [-0.3, -0.25) is 14.4 Å². The van der Waals surface area contributed by atoms with Crippen molar-refractivity contribution in [3.05, 3.63) is 23.8 Å². The van der Waals surface area contributed by atoms with E-state index in [1.165, 1.54) is 19.3 Å². The third kappa shape index (κ3) is 6.02. The molecule has 2 N–H and O–H groups in total. The molecule has 1 saturated heterocycles. The zero-order valence-corrected chi connectivity index (χ0v) is 18.9. The van der Waals surface area contributed by atoms with Crippen LogP contribution in [0.4, 0.5) is 5.69 Å². The molecule has 7 heteroatoms. The van der Waals surface area contributed by atoms with Crippen LogP contribution in [-0.4, -0.2) is 48.4 Å². The van der Waals surface area contributed by atoms with E-state index in [-0.39, 0.29) is 29.7 Å². The van der Waals surface area contributed by atoms with Crippen molar-refractivity contribution in [1.29, 1.82) is 0 Å². The molecule has 0 unspecified atom stereocenters. The lowest BCUT2D eigenvalue weighted by atomic mass is 9.88. The number of amides is 3. The number of carbonyl (C=O) groups excluding carboxylic acids is 3. The van der Waals surface area contributed by atoms with Crippen molar-refractivity contribution in [3.63, 3.8) is 0 Å². The van der Waals surface area contributed by atoms with E-state index in [0.29, 0.717) is 39.0 Å². The first kappa shape index (κ1) is 22.6. The summed E-state index contributed by atoms with van der Waals surface area (Å²) in [4.78, 5) is 38.4. The molecule has 1 aromatic rings. The van der Waals surface area contributed by atoms with Crippen molar-refractivity contribution < 1.29 is 19.1 Å². The van der Waals surface area contributed by atoms with E-state index in [2.05, 4.69) is 10.6 Å². The quantitative estimate of drug-likeness (QED) is 0.635. The summed E-state index contributed by atoms with van der Waals surface area (Å²) in [6.45, 7) is 1.92. The van der Waals surface area contributed by atoms with Crippen LogP contribution in [0.25, 0.3) is 0 Å². The third-order valence-electron chi connectivity index (χ3n) is 6.95. The lowest BCUT2D eigenvalue weighted by Crippen LogP contribution is -2.48. The highest BCUT2D eigenvalue weighted by Gasteiger charge is 2.27. The predicted molar refractivity (Wildman–Crippen MR) is 122 cm³/mol. The maximum absolute atomic E-state index is 12.6. The number of likely N-dealkylation sites (tertiary alicyclic amines) is 1. The largest absolute Gasteiger partial charge is 0.494 e. The number of fused-ring (bicyclic) bond motifs is 1. The van der Waals surface area contributed by atoms with Gasteiger partial charge in [-0.2, -0.15) is 0 Å². The van der Waals surface area contributed by atoms with Crippen molar-refractivity contribution in [2.75, 3.05) is 25.0 Å². The van der Waals surface area contributed by atoms with Crippen LogP contribution in [0.5, 0.6) is 5.75 Å². The molecule has 0 radical (unpaired) electrons. The topological polar surface area (TPSA) is 87.7 Å². The van der Waals surface area contributed by atoms with Crippen LogP contribution < -0.4 is 15.4 Å². The molecule has 0 bridgehead atoms.